The number of rotatable bonds is 6. The highest BCUT2D eigenvalue weighted by Gasteiger charge is 2.12. The van der Waals surface area contributed by atoms with Crippen molar-refractivity contribution in [2.75, 3.05) is 6.54 Å². The number of nitrogens with one attached hydrogen (secondary N) is 2. The van der Waals surface area contributed by atoms with Crippen molar-refractivity contribution in [1.29, 1.82) is 0 Å². The van der Waals surface area contributed by atoms with E-state index in [4.69, 9.17) is 0 Å². The molecule has 144 valence electrons. The minimum absolute atomic E-state index is 0. The first kappa shape index (κ1) is 20.0. The third-order valence-corrected chi connectivity index (χ3v) is 6.23. The molecule has 27 heavy (non-hydrogen) atoms. The van der Waals surface area contributed by atoms with E-state index in [1.54, 1.807) is 22.7 Å². The number of nitrogens with zero attached hydrogens (tertiary/aromatic N) is 3. The number of fused-ring (bicyclic) bond motifs is 1. The van der Waals surface area contributed by atoms with Crippen LogP contribution in [0.3, 0.4) is 0 Å². The first-order chi connectivity index (χ1) is 12.8. The van der Waals surface area contributed by atoms with Crippen LogP contribution < -0.4 is 10.6 Å². The van der Waals surface area contributed by atoms with E-state index in [2.05, 4.69) is 37.5 Å². The molecule has 0 bridgehead atoms. The number of thiophene rings is 1. The van der Waals surface area contributed by atoms with Crippen molar-refractivity contribution in [2.45, 2.75) is 38.9 Å². The summed E-state index contributed by atoms with van der Waals surface area (Å²) in [5.74, 6) is 0.0389. The van der Waals surface area contributed by atoms with Crippen LogP contribution in [0.25, 0.3) is 9.88 Å². The molecular formula is C18H22ClN5OS2. The predicted octanol–water partition coefficient (Wildman–Crippen LogP) is 3.23. The van der Waals surface area contributed by atoms with E-state index in [0.717, 1.165) is 42.5 Å². The molecule has 6 nitrogen and oxygen atoms in total. The third kappa shape index (κ3) is 5.16. The molecule has 1 aliphatic rings. The van der Waals surface area contributed by atoms with Crippen LogP contribution in [0.15, 0.2) is 29.0 Å². The highest BCUT2D eigenvalue weighted by atomic mass is 35.5. The summed E-state index contributed by atoms with van der Waals surface area (Å²) >= 11 is 3.29. The number of halogens is 1. The van der Waals surface area contributed by atoms with E-state index in [1.807, 2.05) is 16.8 Å². The van der Waals surface area contributed by atoms with Gasteiger partial charge in [-0.3, -0.25) is 9.48 Å². The monoisotopic (exact) mass is 423 g/mol. The Morgan fingerprint density at radius 1 is 1.33 bits per heavy atom. The molecule has 0 spiro atoms. The van der Waals surface area contributed by atoms with Gasteiger partial charge in [0.2, 0.25) is 5.91 Å². The topological polar surface area (TPSA) is 71.8 Å². The van der Waals surface area contributed by atoms with E-state index < -0.39 is 0 Å². The summed E-state index contributed by atoms with van der Waals surface area (Å²) in [6.45, 7) is 3.32. The number of aryl methyl sites for hydroxylation is 2. The Morgan fingerprint density at radius 2 is 2.26 bits per heavy atom. The Bertz CT molecular complexity index is 851. The molecule has 4 heterocycles. The molecule has 0 saturated carbocycles. The molecular weight excluding hydrogens is 402 g/mol. The van der Waals surface area contributed by atoms with E-state index in [-0.39, 0.29) is 18.3 Å². The van der Waals surface area contributed by atoms with Gasteiger partial charge in [-0.15, -0.1) is 35.1 Å². The quantitative estimate of drug-likeness (QED) is 0.638. The van der Waals surface area contributed by atoms with Gasteiger partial charge in [0.15, 0.2) is 0 Å². The molecule has 0 aliphatic carbocycles. The van der Waals surface area contributed by atoms with Crippen LogP contribution in [0.1, 0.15) is 29.9 Å². The van der Waals surface area contributed by atoms with Crippen LogP contribution in [0.2, 0.25) is 0 Å². The number of hydrogen-bond acceptors (Lipinski definition) is 6. The molecule has 0 saturated heterocycles. The van der Waals surface area contributed by atoms with E-state index >= 15 is 0 Å². The third-order valence-electron chi connectivity index (χ3n) is 4.30. The van der Waals surface area contributed by atoms with Gasteiger partial charge in [-0.2, -0.15) is 5.10 Å². The zero-order chi connectivity index (χ0) is 17.8. The first-order valence-electron chi connectivity index (χ1n) is 8.79. The molecule has 9 heteroatoms. The van der Waals surface area contributed by atoms with Gasteiger partial charge in [-0.05, 0) is 30.5 Å². The zero-order valence-corrected chi connectivity index (χ0v) is 17.3. The molecule has 0 atom stereocenters. The highest BCUT2D eigenvalue weighted by molar-refractivity contribution is 7.20. The summed E-state index contributed by atoms with van der Waals surface area (Å²) in [5, 5.41) is 16.0. The minimum Gasteiger partial charge on any atom is -0.350 e. The summed E-state index contributed by atoms with van der Waals surface area (Å²) in [4.78, 5) is 17.9. The maximum absolute atomic E-state index is 12.1. The number of amides is 1. The van der Waals surface area contributed by atoms with E-state index in [9.17, 15) is 4.79 Å². The Morgan fingerprint density at radius 3 is 3.11 bits per heavy atom. The lowest BCUT2D eigenvalue weighted by Gasteiger charge is -2.02. The number of thiazole rings is 1. The second kappa shape index (κ2) is 9.45. The summed E-state index contributed by atoms with van der Waals surface area (Å²) in [7, 11) is 0. The molecule has 0 fully saturated rings. The largest absolute Gasteiger partial charge is 0.350 e. The van der Waals surface area contributed by atoms with Crippen molar-refractivity contribution in [3.05, 3.63) is 46.0 Å². The van der Waals surface area contributed by atoms with Crippen LogP contribution in [-0.4, -0.2) is 27.2 Å². The van der Waals surface area contributed by atoms with Crippen molar-refractivity contribution < 1.29 is 4.79 Å². The van der Waals surface area contributed by atoms with Gasteiger partial charge >= 0.3 is 0 Å². The smallest absolute Gasteiger partial charge is 0.220 e. The fraction of sp³-hybridized carbons (Fsp3) is 0.389. The highest BCUT2D eigenvalue weighted by Crippen LogP contribution is 2.27. The lowest BCUT2D eigenvalue weighted by Crippen LogP contribution is -2.23. The van der Waals surface area contributed by atoms with Crippen molar-refractivity contribution in [2.24, 2.45) is 0 Å². The molecule has 0 aromatic carbocycles. The van der Waals surface area contributed by atoms with Crippen molar-refractivity contribution in [3.63, 3.8) is 0 Å². The zero-order valence-electron chi connectivity index (χ0n) is 14.8. The molecule has 1 amide bonds. The fourth-order valence-electron chi connectivity index (χ4n) is 2.96. The van der Waals surface area contributed by atoms with Crippen molar-refractivity contribution in [3.8, 4) is 9.88 Å². The van der Waals surface area contributed by atoms with Gasteiger partial charge in [0.05, 0.1) is 28.5 Å². The Labute approximate surface area is 172 Å². The minimum atomic E-state index is 0. The maximum atomic E-state index is 12.1. The average molecular weight is 424 g/mol. The van der Waals surface area contributed by atoms with Crippen LogP contribution in [0.4, 0.5) is 0 Å². The van der Waals surface area contributed by atoms with Gasteiger partial charge in [-0.1, -0.05) is 6.07 Å². The predicted molar refractivity (Wildman–Crippen MR) is 111 cm³/mol. The molecule has 0 unspecified atom stereocenters. The molecule has 4 rings (SSSR count). The van der Waals surface area contributed by atoms with Gasteiger partial charge in [0, 0.05) is 31.3 Å². The summed E-state index contributed by atoms with van der Waals surface area (Å²) in [6, 6.07) is 6.20. The Balaban J connectivity index is 0.00000210. The van der Waals surface area contributed by atoms with Crippen molar-refractivity contribution in [1.82, 2.24) is 25.4 Å². The van der Waals surface area contributed by atoms with Gasteiger partial charge in [0.1, 0.15) is 5.01 Å². The Hall–Kier alpha value is -1.74. The molecule has 3 aromatic rings. The van der Waals surface area contributed by atoms with Crippen LogP contribution >= 0.6 is 35.1 Å². The fourth-order valence-corrected chi connectivity index (χ4v) is 4.60. The van der Waals surface area contributed by atoms with Crippen LogP contribution in [0.5, 0.6) is 0 Å². The molecule has 3 aromatic heterocycles. The second-order valence-corrected chi connectivity index (χ2v) is 8.08. The lowest BCUT2D eigenvalue weighted by atomic mass is 10.2. The SMILES string of the molecule is Cl.O=C(CCc1cc2n(n1)CCCNC2)NCc1csc(-c2cccs2)n1. The molecule has 2 N–H and O–H groups in total. The van der Waals surface area contributed by atoms with Crippen molar-refractivity contribution >= 4 is 41.0 Å². The number of carbonyl (C=O) groups is 1. The molecule has 1 aliphatic heterocycles. The van der Waals surface area contributed by atoms with Gasteiger partial charge in [0.25, 0.3) is 0 Å². The lowest BCUT2D eigenvalue weighted by molar-refractivity contribution is -0.121. The number of carbonyl (C=O) groups excluding carboxylic acids is 1. The van der Waals surface area contributed by atoms with E-state index in [0.29, 0.717) is 19.4 Å². The van der Waals surface area contributed by atoms with Gasteiger partial charge in [-0.25, -0.2) is 4.98 Å². The summed E-state index contributed by atoms with van der Waals surface area (Å²) in [6.07, 6.45) is 2.21. The normalized spacial score (nSPS) is 13.5. The summed E-state index contributed by atoms with van der Waals surface area (Å²) in [5.41, 5.74) is 3.11. The summed E-state index contributed by atoms with van der Waals surface area (Å²) < 4.78 is 2.06. The maximum Gasteiger partial charge on any atom is 0.220 e. The standard InChI is InChI=1S/C18H21N5OS2.ClH/c24-17(5-4-13-9-15-11-19-6-2-7-23(15)22-13)20-10-14-12-26-18(21-14)16-3-1-8-25-16;/h1,3,8-9,12,19H,2,4-7,10-11H2,(H,20,24);1H. The first-order valence-corrected chi connectivity index (χ1v) is 10.5. The second-order valence-electron chi connectivity index (χ2n) is 6.28. The Kier molecular flexibility index (Phi) is 7.01. The van der Waals surface area contributed by atoms with Crippen LogP contribution in [-0.2, 0) is 30.8 Å². The molecule has 0 radical (unpaired) electrons. The van der Waals surface area contributed by atoms with Crippen LogP contribution in [0, 0.1) is 0 Å². The van der Waals surface area contributed by atoms with E-state index in [1.165, 1.54) is 10.6 Å². The number of aromatic nitrogens is 3. The van der Waals surface area contributed by atoms with Gasteiger partial charge < -0.3 is 10.6 Å². The average Bonchev–Trinajstić information content (AvgIpc) is 3.37. The number of hydrogen-bond donors (Lipinski definition) is 2.